The van der Waals surface area contributed by atoms with Crippen molar-refractivity contribution in [3.05, 3.63) is 74.7 Å². The minimum atomic E-state index is -0.0855. The molecule has 4 nitrogen and oxygen atoms in total. The molecule has 0 bridgehead atoms. The number of fused-ring (bicyclic) bond motifs is 1. The number of nitrogens with zero attached hydrogens (tertiary/aromatic N) is 2. The van der Waals surface area contributed by atoms with E-state index in [0.29, 0.717) is 17.8 Å². The fraction of sp³-hybridized carbons (Fsp3) is 0.176. The highest BCUT2D eigenvalue weighted by Crippen LogP contribution is 2.13. The van der Waals surface area contributed by atoms with Crippen LogP contribution in [0.25, 0.3) is 10.9 Å². The first kappa shape index (κ1) is 14.9. The summed E-state index contributed by atoms with van der Waals surface area (Å²) in [5, 5.41) is 0.627. The fourth-order valence-electron chi connectivity index (χ4n) is 2.42. The number of para-hydroxylation sites is 1. The molecule has 0 aliphatic heterocycles. The van der Waals surface area contributed by atoms with Crippen LogP contribution in [-0.4, -0.2) is 21.9 Å². The molecule has 5 heteroatoms. The van der Waals surface area contributed by atoms with Crippen molar-refractivity contribution >= 4 is 26.8 Å². The van der Waals surface area contributed by atoms with Gasteiger partial charge in [-0.15, -0.1) is 0 Å². The SMILES string of the molecule is CN(Cc1ccc(Br)cc1)Cc1nc2ccccc2c(=O)[nH]1. The van der Waals surface area contributed by atoms with Crippen molar-refractivity contribution in [2.45, 2.75) is 13.1 Å². The van der Waals surface area contributed by atoms with Crippen molar-refractivity contribution in [3.8, 4) is 0 Å². The number of aromatic amines is 1. The summed E-state index contributed by atoms with van der Waals surface area (Å²) < 4.78 is 1.07. The van der Waals surface area contributed by atoms with Gasteiger partial charge in [-0.3, -0.25) is 9.69 Å². The smallest absolute Gasteiger partial charge is 0.258 e. The zero-order chi connectivity index (χ0) is 15.5. The molecule has 0 unspecified atom stereocenters. The third-order valence-corrected chi connectivity index (χ3v) is 3.98. The number of halogens is 1. The molecule has 0 saturated carbocycles. The number of hydrogen-bond acceptors (Lipinski definition) is 3. The lowest BCUT2D eigenvalue weighted by atomic mass is 10.2. The van der Waals surface area contributed by atoms with E-state index in [1.807, 2.05) is 37.4 Å². The normalized spacial score (nSPS) is 11.2. The Bertz CT molecular complexity index is 842. The lowest BCUT2D eigenvalue weighted by molar-refractivity contribution is 0.310. The molecule has 0 radical (unpaired) electrons. The summed E-state index contributed by atoms with van der Waals surface area (Å²) in [6, 6.07) is 15.6. The van der Waals surface area contributed by atoms with Crippen LogP contribution < -0.4 is 5.56 Å². The zero-order valence-electron chi connectivity index (χ0n) is 12.2. The minimum Gasteiger partial charge on any atom is -0.309 e. The Morgan fingerprint density at radius 1 is 1.09 bits per heavy atom. The molecule has 0 saturated heterocycles. The van der Waals surface area contributed by atoms with E-state index in [9.17, 15) is 4.79 Å². The summed E-state index contributed by atoms with van der Waals surface area (Å²) in [5.41, 5.74) is 1.87. The van der Waals surface area contributed by atoms with Crippen LogP contribution in [0.2, 0.25) is 0 Å². The van der Waals surface area contributed by atoms with Crippen molar-refractivity contribution in [1.29, 1.82) is 0 Å². The van der Waals surface area contributed by atoms with Gasteiger partial charge in [0.1, 0.15) is 5.82 Å². The van der Waals surface area contributed by atoms with Crippen molar-refractivity contribution in [3.63, 3.8) is 0 Å². The van der Waals surface area contributed by atoms with E-state index in [1.54, 1.807) is 6.07 Å². The summed E-state index contributed by atoms with van der Waals surface area (Å²) in [4.78, 5) is 21.6. The van der Waals surface area contributed by atoms with Gasteiger partial charge < -0.3 is 4.98 Å². The molecule has 0 aliphatic carbocycles. The minimum absolute atomic E-state index is 0.0855. The predicted molar refractivity (Wildman–Crippen MR) is 91.7 cm³/mol. The van der Waals surface area contributed by atoms with Gasteiger partial charge in [0.15, 0.2) is 0 Å². The standard InChI is InChI=1S/C17H16BrN3O/c1-21(10-12-6-8-13(18)9-7-12)11-16-19-15-5-3-2-4-14(15)17(22)20-16/h2-9H,10-11H2,1H3,(H,19,20,22). The zero-order valence-corrected chi connectivity index (χ0v) is 13.8. The van der Waals surface area contributed by atoms with E-state index < -0.39 is 0 Å². The first-order chi connectivity index (χ1) is 10.6. The Balaban J connectivity index is 1.77. The van der Waals surface area contributed by atoms with Gasteiger partial charge in [-0.05, 0) is 36.9 Å². The molecule has 0 spiro atoms. The maximum atomic E-state index is 12.1. The van der Waals surface area contributed by atoms with Crippen molar-refractivity contribution < 1.29 is 0 Å². The third kappa shape index (κ3) is 3.43. The Morgan fingerprint density at radius 3 is 2.59 bits per heavy atom. The quantitative estimate of drug-likeness (QED) is 0.779. The van der Waals surface area contributed by atoms with Crippen molar-refractivity contribution in [2.75, 3.05) is 7.05 Å². The highest BCUT2D eigenvalue weighted by molar-refractivity contribution is 9.10. The second-order valence-electron chi connectivity index (χ2n) is 5.33. The van der Waals surface area contributed by atoms with E-state index >= 15 is 0 Å². The molecule has 1 heterocycles. The second-order valence-corrected chi connectivity index (χ2v) is 6.24. The van der Waals surface area contributed by atoms with Gasteiger partial charge >= 0.3 is 0 Å². The van der Waals surface area contributed by atoms with E-state index in [4.69, 9.17) is 0 Å². The second kappa shape index (κ2) is 6.42. The Hall–Kier alpha value is -1.98. The summed E-state index contributed by atoms with van der Waals surface area (Å²) in [6.07, 6.45) is 0. The Kier molecular flexibility index (Phi) is 4.36. The van der Waals surface area contributed by atoms with E-state index in [1.165, 1.54) is 5.56 Å². The van der Waals surface area contributed by atoms with Crippen LogP contribution in [0, 0.1) is 0 Å². The Labute approximate surface area is 136 Å². The average Bonchev–Trinajstić information content (AvgIpc) is 2.49. The van der Waals surface area contributed by atoms with Crippen molar-refractivity contribution in [2.24, 2.45) is 0 Å². The molecular weight excluding hydrogens is 342 g/mol. The maximum Gasteiger partial charge on any atom is 0.258 e. The largest absolute Gasteiger partial charge is 0.309 e. The van der Waals surface area contributed by atoms with Gasteiger partial charge in [0, 0.05) is 11.0 Å². The number of nitrogens with one attached hydrogen (secondary N) is 1. The van der Waals surface area contributed by atoms with Gasteiger partial charge in [0.25, 0.3) is 5.56 Å². The van der Waals surface area contributed by atoms with Gasteiger partial charge in [0.2, 0.25) is 0 Å². The van der Waals surface area contributed by atoms with Crippen LogP contribution >= 0.6 is 15.9 Å². The summed E-state index contributed by atoms with van der Waals surface area (Å²) in [7, 11) is 2.01. The monoisotopic (exact) mass is 357 g/mol. The molecule has 0 atom stereocenters. The van der Waals surface area contributed by atoms with Gasteiger partial charge in [-0.2, -0.15) is 0 Å². The maximum absolute atomic E-state index is 12.1. The number of benzene rings is 2. The molecule has 112 valence electrons. The Morgan fingerprint density at radius 2 is 1.82 bits per heavy atom. The molecule has 3 rings (SSSR count). The van der Waals surface area contributed by atoms with Gasteiger partial charge in [-0.25, -0.2) is 4.98 Å². The van der Waals surface area contributed by atoms with Crippen LogP contribution in [0.5, 0.6) is 0 Å². The molecule has 0 fully saturated rings. The predicted octanol–water partition coefficient (Wildman–Crippen LogP) is 3.32. The molecule has 1 N–H and O–H groups in total. The number of H-pyrrole nitrogens is 1. The van der Waals surface area contributed by atoms with Gasteiger partial charge in [-0.1, -0.05) is 40.2 Å². The van der Waals surface area contributed by atoms with E-state index in [2.05, 4.69) is 42.9 Å². The first-order valence-corrected chi connectivity index (χ1v) is 7.82. The van der Waals surface area contributed by atoms with Crippen LogP contribution in [0.1, 0.15) is 11.4 Å². The van der Waals surface area contributed by atoms with Crippen molar-refractivity contribution in [1.82, 2.24) is 14.9 Å². The lowest BCUT2D eigenvalue weighted by Crippen LogP contribution is -2.21. The highest BCUT2D eigenvalue weighted by atomic mass is 79.9. The molecule has 1 aromatic heterocycles. The summed E-state index contributed by atoms with van der Waals surface area (Å²) >= 11 is 3.43. The molecular formula is C17H16BrN3O. The van der Waals surface area contributed by atoms with E-state index in [0.717, 1.165) is 16.5 Å². The topological polar surface area (TPSA) is 49.0 Å². The third-order valence-electron chi connectivity index (χ3n) is 3.45. The van der Waals surface area contributed by atoms with Crippen LogP contribution in [0.3, 0.4) is 0 Å². The number of rotatable bonds is 4. The highest BCUT2D eigenvalue weighted by Gasteiger charge is 2.07. The molecule has 0 aliphatic rings. The lowest BCUT2D eigenvalue weighted by Gasteiger charge is -2.16. The molecule has 3 aromatic rings. The molecule has 22 heavy (non-hydrogen) atoms. The average molecular weight is 358 g/mol. The van der Waals surface area contributed by atoms with E-state index in [-0.39, 0.29) is 5.56 Å². The summed E-state index contributed by atoms with van der Waals surface area (Å²) in [6.45, 7) is 1.39. The molecule has 2 aromatic carbocycles. The van der Waals surface area contributed by atoms with Crippen LogP contribution in [0.15, 0.2) is 57.8 Å². The summed E-state index contributed by atoms with van der Waals surface area (Å²) in [5.74, 6) is 0.684. The van der Waals surface area contributed by atoms with Crippen LogP contribution in [0.4, 0.5) is 0 Å². The van der Waals surface area contributed by atoms with Gasteiger partial charge in [0.05, 0.1) is 17.4 Å². The first-order valence-electron chi connectivity index (χ1n) is 7.03. The molecule has 0 amide bonds. The fourth-order valence-corrected chi connectivity index (χ4v) is 2.69. The van der Waals surface area contributed by atoms with Crippen LogP contribution in [-0.2, 0) is 13.1 Å². The number of hydrogen-bond donors (Lipinski definition) is 1. The number of aromatic nitrogens is 2.